The average molecular weight is 402 g/mol. The van der Waals surface area contributed by atoms with E-state index in [-0.39, 0.29) is 10.6 Å². The Kier molecular flexibility index (Phi) is 4.05. The number of anilines is 1. The highest BCUT2D eigenvalue weighted by molar-refractivity contribution is 7.93. The fourth-order valence-corrected chi connectivity index (χ4v) is 5.41. The van der Waals surface area contributed by atoms with Gasteiger partial charge in [-0.1, -0.05) is 41.9 Å². The Labute approximate surface area is 162 Å². The molecule has 27 heavy (non-hydrogen) atoms. The number of sulfonamides is 1. The number of aromatic hydroxyl groups is 2. The minimum absolute atomic E-state index is 0.216. The van der Waals surface area contributed by atoms with Crippen LogP contribution in [0.2, 0.25) is 5.02 Å². The van der Waals surface area contributed by atoms with Gasteiger partial charge in [0.15, 0.2) is 0 Å². The van der Waals surface area contributed by atoms with Crippen molar-refractivity contribution in [3.8, 4) is 22.6 Å². The molecule has 1 unspecified atom stereocenters. The smallest absolute Gasteiger partial charge is 0.268 e. The summed E-state index contributed by atoms with van der Waals surface area (Å²) in [4.78, 5) is -0.280. The van der Waals surface area contributed by atoms with Crippen LogP contribution < -0.4 is 4.31 Å². The predicted molar refractivity (Wildman–Crippen MR) is 105 cm³/mol. The standard InChI is InChI=1S/C20H16ClNO4S/c1-12-15-4-2-3-5-16(15)17-8-6-13(21)10-18(17)22(12)27(25,26)20-9-7-14(23)11-19(20)24/h2-12,23-24H,1H3. The van der Waals surface area contributed by atoms with E-state index < -0.39 is 21.8 Å². The van der Waals surface area contributed by atoms with Crippen LogP contribution in [0.3, 0.4) is 0 Å². The van der Waals surface area contributed by atoms with Crippen LogP contribution in [0.5, 0.6) is 11.5 Å². The van der Waals surface area contributed by atoms with Crippen LogP contribution in [0, 0.1) is 0 Å². The summed E-state index contributed by atoms with van der Waals surface area (Å²) in [5.41, 5.74) is 2.99. The monoisotopic (exact) mass is 401 g/mol. The van der Waals surface area contributed by atoms with Crippen molar-refractivity contribution in [3.63, 3.8) is 0 Å². The maximum absolute atomic E-state index is 13.5. The third kappa shape index (κ3) is 2.72. The second-order valence-corrected chi connectivity index (χ2v) is 8.60. The van der Waals surface area contributed by atoms with Crippen LogP contribution in [0.25, 0.3) is 11.1 Å². The van der Waals surface area contributed by atoms with Crippen LogP contribution in [0.15, 0.2) is 65.6 Å². The molecule has 0 aromatic heterocycles. The number of hydrogen-bond acceptors (Lipinski definition) is 4. The summed E-state index contributed by atoms with van der Waals surface area (Å²) in [7, 11) is -4.12. The Balaban J connectivity index is 1.99. The van der Waals surface area contributed by atoms with E-state index in [1.54, 1.807) is 25.1 Å². The molecule has 2 N–H and O–H groups in total. The molecule has 0 aliphatic carbocycles. The van der Waals surface area contributed by atoms with Gasteiger partial charge in [0.1, 0.15) is 16.4 Å². The van der Waals surface area contributed by atoms with Crippen molar-refractivity contribution < 1.29 is 18.6 Å². The number of hydrogen-bond donors (Lipinski definition) is 2. The average Bonchev–Trinajstić information content (AvgIpc) is 2.61. The zero-order valence-corrected chi connectivity index (χ0v) is 15.9. The van der Waals surface area contributed by atoms with E-state index in [0.29, 0.717) is 10.7 Å². The first kappa shape index (κ1) is 17.7. The zero-order valence-electron chi connectivity index (χ0n) is 14.3. The lowest BCUT2D eigenvalue weighted by Gasteiger charge is -2.37. The summed E-state index contributed by atoms with van der Waals surface area (Å²) in [6.45, 7) is 1.79. The molecule has 0 saturated heterocycles. The molecular formula is C20H16ClNO4S. The molecule has 0 amide bonds. The minimum atomic E-state index is -4.12. The normalized spacial score (nSPS) is 15.9. The van der Waals surface area contributed by atoms with Crippen molar-refractivity contribution >= 4 is 27.3 Å². The van der Waals surface area contributed by atoms with Crippen molar-refractivity contribution in [2.24, 2.45) is 0 Å². The van der Waals surface area contributed by atoms with Crippen molar-refractivity contribution in [1.82, 2.24) is 0 Å². The van der Waals surface area contributed by atoms with Crippen LogP contribution in [0.4, 0.5) is 5.69 Å². The van der Waals surface area contributed by atoms with Crippen molar-refractivity contribution in [2.75, 3.05) is 4.31 Å². The SMILES string of the molecule is CC1c2ccccc2-c2ccc(Cl)cc2N1S(=O)(=O)c1ccc(O)cc1O. The number of phenolic OH excluding ortho intramolecular Hbond substituents is 2. The Bertz CT molecular complexity index is 1160. The molecule has 7 heteroatoms. The van der Waals surface area contributed by atoms with Gasteiger partial charge >= 0.3 is 0 Å². The fourth-order valence-electron chi connectivity index (χ4n) is 3.52. The largest absolute Gasteiger partial charge is 0.508 e. The molecule has 0 fully saturated rings. The van der Waals surface area contributed by atoms with Crippen molar-refractivity contribution in [3.05, 3.63) is 71.2 Å². The van der Waals surface area contributed by atoms with E-state index in [9.17, 15) is 18.6 Å². The maximum Gasteiger partial charge on any atom is 0.268 e. The minimum Gasteiger partial charge on any atom is -0.508 e. The lowest BCUT2D eigenvalue weighted by atomic mass is 9.90. The Hall–Kier alpha value is -2.70. The van der Waals surface area contributed by atoms with E-state index in [4.69, 9.17) is 11.6 Å². The highest BCUT2D eigenvalue weighted by Crippen LogP contribution is 2.48. The highest BCUT2D eigenvalue weighted by atomic mass is 35.5. The molecule has 1 heterocycles. The quantitative estimate of drug-likeness (QED) is 0.653. The van der Waals surface area contributed by atoms with Gasteiger partial charge in [-0.3, -0.25) is 4.31 Å². The number of phenols is 2. The summed E-state index contributed by atoms with van der Waals surface area (Å²) >= 11 is 6.16. The first-order chi connectivity index (χ1) is 12.8. The Morgan fingerprint density at radius 3 is 2.44 bits per heavy atom. The topological polar surface area (TPSA) is 77.8 Å². The molecule has 4 rings (SSSR count). The predicted octanol–water partition coefficient (Wildman–Crippen LogP) is 4.69. The van der Waals surface area contributed by atoms with E-state index in [2.05, 4.69) is 0 Å². The molecular weight excluding hydrogens is 386 g/mol. The molecule has 0 radical (unpaired) electrons. The zero-order chi connectivity index (χ0) is 19.3. The number of fused-ring (bicyclic) bond motifs is 3. The van der Waals surface area contributed by atoms with Crippen LogP contribution in [-0.2, 0) is 10.0 Å². The molecule has 3 aromatic rings. The van der Waals surface area contributed by atoms with Crippen molar-refractivity contribution in [1.29, 1.82) is 0 Å². The second kappa shape index (κ2) is 6.18. The highest BCUT2D eigenvalue weighted by Gasteiger charge is 2.38. The number of halogens is 1. The molecule has 0 spiro atoms. The fraction of sp³-hybridized carbons (Fsp3) is 0.100. The van der Waals surface area contributed by atoms with E-state index in [0.717, 1.165) is 22.8 Å². The van der Waals surface area contributed by atoms with Gasteiger partial charge in [0.2, 0.25) is 0 Å². The number of nitrogens with zero attached hydrogens (tertiary/aromatic N) is 1. The molecule has 1 aliphatic rings. The molecule has 1 aliphatic heterocycles. The molecule has 5 nitrogen and oxygen atoms in total. The van der Waals surface area contributed by atoms with Crippen molar-refractivity contribution in [2.45, 2.75) is 17.9 Å². The van der Waals surface area contributed by atoms with Gasteiger partial charge in [-0.05, 0) is 42.3 Å². The van der Waals surface area contributed by atoms with Gasteiger partial charge < -0.3 is 10.2 Å². The van der Waals surface area contributed by atoms with Crippen LogP contribution >= 0.6 is 11.6 Å². The molecule has 3 aromatic carbocycles. The Morgan fingerprint density at radius 1 is 0.963 bits per heavy atom. The number of benzene rings is 3. The summed E-state index contributed by atoms with van der Waals surface area (Å²) in [5, 5.41) is 20.1. The molecule has 1 atom stereocenters. The van der Waals surface area contributed by atoms with E-state index in [1.807, 2.05) is 24.3 Å². The molecule has 0 bridgehead atoms. The Morgan fingerprint density at radius 2 is 1.70 bits per heavy atom. The van der Waals surface area contributed by atoms with Crippen LogP contribution in [-0.4, -0.2) is 18.6 Å². The van der Waals surface area contributed by atoms with Gasteiger partial charge in [-0.15, -0.1) is 0 Å². The summed E-state index contributed by atoms with van der Waals surface area (Å²) in [6.07, 6.45) is 0. The molecule has 138 valence electrons. The van der Waals surface area contributed by atoms with E-state index >= 15 is 0 Å². The van der Waals surface area contributed by atoms with Gasteiger partial charge in [0.25, 0.3) is 10.0 Å². The van der Waals surface area contributed by atoms with Gasteiger partial charge in [0, 0.05) is 16.7 Å². The maximum atomic E-state index is 13.5. The summed E-state index contributed by atoms with van der Waals surface area (Å²) in [6, 6.07) is 15.6. The van der Waals surface area contributed by atoms with Crippen LogP contribution in [0.1, 0.15) is 18.5 Å². The molecule has 0 saturated carbocycles. The first-order valence-corrected chi connectivity index (χ1v) is 10.1. The van der Waals surface area contributed by atoms with Gasteiger partial charge in [-0.25, -0.2) is 8.42 Å². The lowest BCUT2D eigenvalue weighted by Crippen LogP contribution is -2.36. The van der Waals surface area contributed by atoms with E-state index in [1.165, 1.54) is 16.4 Å². The summed E-state index contributed by atoms with van der Waals surface area (Å²) in [5.74, 6) is -0.725. The number of rotatable bonds is 2. The second-order valence-electron chi connectivity index (χ2n) is 6.38. The first-order valence-electron chi connectivity index (χ1n) is 8.26. The summed E-state index contributed by atoms with van der Waals surface area (Å²) < 4.78 is 28.2. The van der Waals surface area contributed by atoms with Gasteiger partial charge in [-0.2, -0.15) is 0 Å². The lowest BCUT2D eigenvalue weighted by molar-refractivity contribution is 0.439. The third-order valence-electron chi connectivity index (χ3n) is 4.73. The van der Waals surface area contributed by atoms with Gasteiger partial charge in [0.05, 0.1) is 11.7 Å². The third-order valence-corrected chi connectivity index (χ3v) is 6.90.